The van der Waals surface area contributed by atoms with Crippen LogP contribution in [0.2, 0.25) is 0 Å². The number of carboxylic acid groups (broad SMARTS) is 1. The Hall–Kier alpha value is -2.51. The van der Waals surface area contributed by atoms with Gasteiger partial charge in [-0.05, 0) is 19.8 Å². The number of aryl methyl sites for hydroxylation is 1. The fourth-order valence-electron chi connectivity index (χ4n) is 1.55. The van der Waals surface area contributed by atoms with E-state index in [1.807, 2.05) is 0 Å². The summed E-state index contributed by atoms with van der Waals surface area (Å²) in [5.74, 6) is -1.33. The van der Waals surface area contributed by atoms with E-state index in [-0.39, 0.29) is 17.7 Å². The summed E-state index contributed by atoms with van der Waals surface area (Å²) < 4.78 is 0. The minimum Gasteiger partial charge on any atom is -0.481 e. The maximum atomic E-state index is 11.8. The Morgan fingerprint density at radius 1 is 1.45 bits per heavy atom. The van der Waals surface area contributed by atoms with Crippen molar-refractivity contribution in [3.63, 3.8) is 0 Å². The van der Waals surface area contributed by atoms with Crippen LogP contribution in [-0.4, -0.2) is 33.4 Å². The second kappa shape index (κ2) is 7.17. The van der Waals surface area contributed by atoms with Gasteiger partial charge in [0.2, 0.25) is 0 Å². The number of hydrogen-bond donors (Lipinski definition) is 2. The Bertz CT molecular complexity index is 530. The molecule has 1 aromatic rings. The maximum absolute atomic E-state index is 11.8. The van der Waals surface area contributed by atoms with Crippen molar-refractivity contribution in [2.45, 2.75) is 26.2 Å². The van der Waals surface area contributed by atoms with E-state index in [1.165, 1.54) is 6.07 Å². The Morgan fingerprint density at radius 3 is 2.75 bits per heavy atom. The summed E-state index contributed by atoms with van der Waals surface area (Å²) in [6.45, 7) is 1.90. The molecule has 108 valence electrons. The van der Waals surface area contributed by atoms with Gasteiger partial charge in [-0.25, -0.2) is 0 Å². The molecule has 0 aliphatic heterocycles. The van der Waals surface area contributed by atoms with Crippen LogP contribution < -0.4 is 5.32 Å². The molecule has 1 rings (SSSR count). The zero-order valence-electron chi connectivity index (χ0n) is 11.0. The zero-order valence-corrected chi connectivity index (χ0v) is 11.0. The number of nitro groups is 1. The molecule has 0 atom stereocenters. The van der Waals surface area contributed by atoms with Gasteiger partial charge in [-0.3, -0.25) is 24.7 Å². The summed E-state index contributed by atoms with van der Waals surface area (Å²) in [6.07, 6.45) is 2.13. The molecular weight excluding hydrogens is 266 g/mol. The van der Waals surface area contributed by atoms with Crippen LogP contribution in [0, 0.1) is 17.0 Å². The molecule has 0 saturated heterocycles. The summed E-state index contributed by atoms with van der Waals surface area (Å²) in [6, 6.07) is 1.18. The molecule has 2 N–H and O–H groups in total. The van der Waals surface area contributed by atoms with Crippen LogP contribution in [-0.2, 0) is 4.79 Å². The average molecular weight is 281 g/mol. The molecule has 0 bridgehead atoms. The first-order valence-corrected chi connectivity index (χ1v) is 6.03. The second-order valence-electron chi connectivity index (χ2n) is 4.19. The van der Waals surface area contributed by atoms with E-state index in [9.17, 15) is 19.7 Å². The molecule has 0 aromatic carbocycles. The fraction of sp³-hybridized carbons (Fsp3) is 0.417. The first kappa shape index (κ1) is 15.5. The quantitative estimate of drug-likeness (QED) is 0.441. The van der Waals surface area contributed by atoms with Crippen molar-refractivity contribution in [2.75, 3.05) is 6.54 Å². The number of pyridine rings is 1. The lowest BCUT2D eigenvalue weighted by molar-refractivity contribution is -0.385. The number of amides is 1. The van der Waals surface area contributed by atoms with Gasteiger partial charge in [0.25, 0.3) is 11.6 Å². The van der Waals surface area contributed by atoms with Crippen LogP contribution in [0.5, 0.6) is 0 Å². The smallest absolute Gasteiger partial charge is 0.303 e. The van der Waals surface area contributed by atoms with Crippen molar-refractivity contribution < 1.29 is 19.6 Å². The predicted molar refractivity (Wildman–Crippen MR) is 69.4 cm³/mol. The number of unbranched alkanes of at least 4 members (excludes halogenated alkanes) is 1. The minimum absolute atomic E-state index is 0.0489. The molecule has 0 saturated carbocycles. The van der Waals surface area contributed by atoms with Gasteiger partial charge in [-0.2, -0.15) is 0 Å². The van der Waals surface area contributed by atoms with Gasteiger partial charge in [0.05, 0.1) is 16.2 Å². The Balaban J connectivity index is 2.57. The van der Waals surface area contributed by atoms with Gasteiger partial charge in [0.15, 0.2) is 0 Å². The van der Waals surface area contributed by atoms with Crippen LogP contribution in [0.15, 0.2) is 12.3 Å². The monoisotopic (exact) mass is 281 g/mol. The van der Waals surface area contributed by atoms with E-state index < -0.39 is 16.8 Å². The summed E-state index contributed by atoms with van der Waals surface area (Å²) in [5, 5.41) is 21.7. The third kappa shape index (κ3) is 4.63. The number of aromatic nitrogens is 1. The van der Waals surface area contributed by atoms with Crippen LogP contribution in [0.25, 0.3) is 0 Å². The molecule has 0 fully saturated rings. The summed E-state index contributed by atoms with van der Waals surface area (Å²) in [5.41, 5.74) is 0.308. The highest BCUT2D eigenvalue weighted by atomic mass is 16.6. The Labute approximate surface area is 115 Å². The molecule has 20 heavy (non-hydrogen) atoms. The SMILES string of the molecule is Cc1ncc([N+](=O)[O-])cc1C(=O)NCCCCC(=O)O. The van der Waals surface area contributed by atoms with Crippen molar-refractivity contribution >= 4 is 17.6 Å². The fourth-order valence-corrected chi connectivity index (χ4v) is 1.55. The average Bonchev–Trinajstić information content (AvgIpc) is 2.37. The third-order valence-corrected chi connectivity index (χ3v) is 2.63. The molecule has 0 unspecified atom stereocenters. The highest BCUT2D eigenvalue weighted by Crippen LogP contribution is 2.14. The second-order valence-corrected chi connectivity index (χ2v) is 4.19. The molecule has 0 aliphatic carbocycles. The largest absolute Gasteiger partial charge is 0.481 e. The number of aliphatic carboxylic acids is 1. The first-order chi connectivity index (χ1) is 9.41. The number of nitrogens with one attached hydrogen (secondary N) is 1. The number of carbonyl (C=O) groups is 2. The molecule has 8 nitrogen and oxygen atoms in total. The number of rotatable bonds is 7. The Morgan fingerprint density at radius 2 is 2.15 bits per heavy atom. The van der Waals surface area contributed by atoms with Crippen molar-refractivity contribution in [1.29, 1.82) is 0 Å². The van der Waals surface area contributed by atoms with Gasteiger partial charge in [0, 0.05) is 19.0 Å². The Kier molecular flexibility index (Phi) is 5.57. The molecule has 0 aliphatic rings. The minimum atomic E-state index is -0.880. The third-order valence-electron chi connectivity index (χ3n) is 2.63. The molecule has 1 amide bonds. The zero-order chi connectivity index (χ0) is 15.1. The van der Waals surface area contributed by atoms with Crippen LogP contribution >= 0.6 is 0 Å². The van der Waals surface area contributed by atoms with Gasteiger partial charge in [-0.1, -0.05) is 0 Å². The van der Waals surface area contributed by atoms with Crippen molar-refractivity contribution in [2.24, 2.45) is 0 Å². The van der Waals surface area contributed by atoms with Crippen LogP contribution in [0.4, 0.5) is 5.69 Å². The number of carbonyl (C=O) groups excluding carboxylic acids is 1. The van der Waals surface area contributed by atoms with Gasteiger partial charge >= 0.3 is 5.97 Å². The van der Waals surface area contributed by atoms with Crippen molar-refractivity contribution in [3.8, 4) is 0 Å². The predicted octanol–water partition coefficient (Wildman–Crippen LogP) is 1.28. The highest BCUT2D eigenvalue weighted by Gasteiger charge is 2.15. The van der Waals surface area contributed by atoms with Crippen LogP contribution in [0.3, 0.4) is 0 Å². The van der Waals surface area contributed by atoms with E-state index >= 15 is 0 Å². The lowest BCUT2D eigenvalue weighted by atomic mass is 10.1. The van der Waals surface area contributed by atoms with Crippen LogP contribution in [0.1, 0.15) is 35.3 Å². The maximum Gasteiger partial charge on any atom is 0.303 e. The van der Waals surface area contributed by atoms with E-state index in [0.29, 0.717) is 25.1 Å². The van der Waals surface area contributed by atoms with E-state index in [1.54, 1.807) is 6.92 Å². The lowest BCUT2D eigenvalue weighted by Gasteiger charge is -2.06. The van der Waals surface area contributed by atoms with Gasteiger partial charge in [-0.15, -0.1) is 0 Å². The summed E-state index contributed by atoms with van der Waals surface area (Å²) in [4.78, 5) is 36.0. The van der Waals surface area contributed by atoms with Gasteiger partial charge in [0.1, 0.15) is 6.20 Å². The molecule has 1 aromatic heterocycles. The van der Waals surface area contributed by atoms with E-state index in [4.69, 9.17) is 5.11 Å². The lowest BCUT2D eigenvalue weighted by Crippen LogP contribution is -2.25. The number of hydrogen-bond acceptors (Lipinski definition) is 5. The molecule has 1 heterocycles. The van der Waals surface area contributed by atoms with E-state index in [0.717, 1.165) is 6.20 Å². The standard InChI is InChI=1S/C12H15N3O5/c1-8-10(6-9(7-14-8)15(19)20)12(18)13-5-3-2-4-11(16)17/h6-7H,2-5H2,1H3,(H,13,18)(H,16,17). The van der Waals surface area contributed by atoms with Crippen molar-refractivity contribution in [3.05, 3.63) is 33.6 Å². The molecular formula is C12H15N3O5. The summed E-state index contributed by atoms with van der Waals surface area (Å²) >= 11 is 0. The van der Waals surface area contributed by atoms with Gasteiger partial charge < -0.3 is 10.4 Å². The molecule has 8 heteroatoms. The number of nitrogens with zero attached hydrogens (tertiary/aromatic N) is 2. The number of carboxylic acids is 1. The molecule has 0 spiro atoms. The summed E-state index contributed by atoms with van der Waals surface area (Å²) in [7, 11) is 0. The normalized spacial score (nSPS) is 10.1. The van der Waals surface area contributed by atoms with E-state index in [2.05, 4.69) is 10.3 Å². The molecule has 0 radical (unpaired) electrons. The first-order valence-electron chi connectivity index (χ1n) is 6.03. The highest BCUT2D eigenvalue weighted by molar-refractivity contribution is 5.95. The topological polar surface area (TPSA) is 122 Å². The van der Waals surface area contributed by atoms with Crippen molar-refractivity contribution in [1.82, 2.24) is 10.3 Å².